The van der Waals surface area contributed by atoms with E-state index in [2.05, 4.69) is 10.6 Å². The second-order valence-electron chi connectivity index (χ2n) is 6.10. The molecule has 0 saturated heterocycles. The molecule has 2 N–H and O–H groups in total. The van der Waals surface area contributed by atoms with E-state index in [1.807, 2.05) is 45.9 Å². The van der Waals surface area contributed by atoms with Crippen molar-refractivity contribution >= 4 is 17.5 Å². The molecule has 0 spiro atoms. The maximum Gasteiger partial charge on any atom is 0.255 e. The van der Waals surface area contributed by atoms with Gasteiger partial charge in [0.1, 0.15) is 0 Å². The minimum absolute atomic E-state index is 0.0839. The Balaban J connectivity index is 2.23. The number of aryl methyl sites for hydroxylation is 2. The first-order chi connectivity index (χ1) is 11.4. The van der Waals surface area contributed by atoms with E-state index in [1.165, 1.54) is 0 Å². The van der Waals surface area contributed by atoms with Crippen LogP contribution in [0.25, 0.3) is 0 Å². The van der Waals surface area contributed by atoms with Crippen molar-refractivity contribution in [3.8, 4) is 0 Å². The fourth-order valence-electron chi connectivity index (χ4n) is 2.45. The van der Waals surface area contributed by atoms with E-state index in [9.17, 15) is 9.59 Å². The summed E-state index contributed by atoms with van der Waals surface area (Å²) in [5.41, 5.74) is 3.61. The summed E-state index contributed by atoms with van der Waals surface area (Å²) < 4.78 is 0. The molecule has 1 atom stereocenters. The first kappa shape index (κ1) is 17.7. The molecule has 2 aromatic rings. The first-order valence-corrected chi connectivity index (χ1v) is 8.21. The topological polar surface area (TPSA) is 58.2 Å². The van der Waals surface area contributed by atoms with Crippen LogP contribution in [-0.4, -0.2) is 17.9 Å². The minimum atomic E-state index is -0.212. The Kier molecular flexibility index (Phi) is 5.74. The summed E-state index contributed by atoms with van der Waals surface area (Å²) in [6, 6.07) is 12.8. The van der Waals surface area contributed by atoms with Crippen LogP contribution in [0, 0.1) is 13.8 Å². The largest absolute Gasteiger partial charge is 0.350 e. The maximum absolute atomic E-state index is 12.6. The normalized spacial score (nSPS) is 11.7. The predicted octanol–water partition coefficient (Wildman–Crippen LogP) is 4.08. The summed E-state index contributed by atoms with van der Waals surface area (Å²) in [4.78, 5) is 25.0. The van der Waals surface area contributed by atoms with E-state index in [0.29, 0.717) is 16.8 Å². The molecule has 126 valence electrons. The van der Waals surface area contributed by atoms with Crippen LogP contribution in [0.1, 0.15) is 52.1 Å². The Bertz CT molecular complexity index is 753. The minimum Gasteiger partial charge on any atom is -0.350 e. The molecule has 0 radical (unpaired) electrons. The zero-order chi connectivity index (χ0) is 17.7. The molecule has 0 aromatic heterocycles. The SMILES string of the molecule is CCC(C)NC(=O)c1ccccc1NC(=O)c1ccc(C)cc1C. The van der Waals surface area contributed by atoms with Crippen molar-refractivity contribution in [2.24, 2.45) is 0 Å². The number of nitrogens with one attached hydrogen (secondary N) is 2. The van der Waals surface area contributed by atoms with Gasteiger partial charge in [0.05, 0.1) is 11.3 Å². The average Bonchev–Trinajstić information content (AvgIpc) is 2.54. The van der Waals surface area contributed by atoms with Crippen LogP contribution in [-0.2, 0) is 0 Å². The maximum atomic E-state index is 12.6. The number of carbonyl (C=O) groups is 2. The van der Waals surface area contributed by atoms with Gasteiger partial charge in [-0.25, -0.2) is 0 Å². The number of rotatable bonds is 5. The van der Waals surface area contributed by atoms with E-state index in [4.69, 9.17) is 0 Å². The summed E-state index contributed by atoms with van der Waals surface area (Å²) in [5.74, 6) is -0.392. The Hall–Kier alpha value is -2.62. The van der Waals surface area contributed by atoms with Crippen molar-refractivity contribution in [3.05, 3.63) is 64.7 Å². The fraction of sp³-hybridized carbons (Fsp3) is 0.300. The van der Waals surface area contributed by atoms with Crippen molar-refractivity contribution in [2.75, 3.05) is 5.32 Å². The van der Waals surface area contributed by atoms with Crippen LogP contribution in [0.15, 0.2) is 42.5 Å². The summed E-state index contributed by atoms with van der Waals surface area (Å²) in [6.07, 6.45) is 0.850. The Morgan fingerprint density at radius 2 is 1.71 bits per heavy atom. The molecule has 4 nitrogen and oxygen atoms in total. The highest BCUT2D eigenvalue weighted by Crippen LogP contribution is 2.18. The van der Waals surface area contributed by atoms with Gasteiger partial charge in [-0.05, 0) is 51.0 Å². The molecule has 0 aliphatic rings. The number of para-hydroxylation sites is 1. The lowest BCUT2D eigenvalue weighted by molar-refractivity contribution is 0.0940. The number of anilines is 1. The monoisotopic (exact) mass is 324 g/mol. The lowest BCUT2D eigenvalue weighted by Crippen LogP contribution is -2.32. The van der Waals surface area contributed by atoms with Crippen LogP contribution in [0.2, 0.25) is 0 Å². The molecule has 0 fully saturated rings. The van der Waals surface area contributed by atoms with E-state index in [-0.39, 0.29) is 17.9 Å². The summed E-state index contributed by atoms with van der Waals surface area (Å²) in [6.45, 7) is 7.86. The van der Waals surface area contributed by atoms with Gasteiger partial charge in [0.2, 0.25) is 0 Å². The molecule has 0 saturated carbocycles. The molecule has 4 heteroatoms. The third kappa shape index (κ3) is 4.22. The summed E-state index contributed by atoms with van der Waals surface area (Å²) in [7, 11) is 0. The Labute approximate surface area is 143 Å². The van der Waals surface area contributed by atoms with Gasteiger partial charge < -0.3 is 10.6 Å². The number of benzene rings is 2. The summed E-state index contributed by atoms with van der Waals surface area (Å²) >= 11 is 0. The van der Waals surface area contributed by atoms with Gasteiger partial charge in [-0.15, -0.1) is 0 Å². The highest BCUT2D eigenvalue weighted by molar-refractivity contribution is 6.09. The zero-order valence-corrected chi connectivity index (χ0v) is 14.6. The van der Waals surface area contributed by atoms with Gasteiger partial charge in [0.25, 0.3) is 11.8 Å². The Morgan fingerprint density at radius 3 is 2.38 bits per heavy atom. The summed E-state index contributed by atoms with van der Waals surface area (Å²) in [5, 5.41) is 5.79. The van der Waals surface area contributed by atoms with E-state index >= 15 is 0 Å². The fourth-order valence-corrected chi connectivity index (χ4v) is 2.45. The lowest BCUT2D eigenvalue weighted by atomic mass is 10.0. The zero-order valence-electron chi connectivity index (χ0n) is 14.6. The van der Waals surface area contributed by atoms with Crippen molar-refractivity contribution in [2.45, 2.75) is 40.2 Å². The molecule has 0 heterocycles. The van der Waals surface area contributed by atoms with Gasteiger partial charge in [-0.2, -0.15) is 0 Å². The van der Waals surface area contributed by atoms with Crippen LogP contribution in [0.5, 0.6) is 0 Å². The van der Waals surface area contributed by atoms with Gasteiger partial charge in [0, 0.05) is 11.6 Å². The molecule has 0 bridgehead atoms. The number of hydrogen-bond donors (Lipinski definition) is 2. The Morgan fingerprint density at radius 1 is 1.00 bits per heavy atom. The van der Waals surface area contributed by atoms with Gasteiger partial charge in [0.15, 0.2) is 0 Å². The second kappa shape index (κ2) is 7.77. The molecule has 2 rings (SSSR count). The average molecular weight is 324 g/mol. The molecular formula is C20H24N2O2. The van der Waals surface area contributed by atoms with Gasteiger partial charge >= 0.3 is 0 Å². The molecule has 2 aromatic carbocycles. The van der Waals surface area contributed by atoms with Gasteiger partial charge in [-0.3, -0.25) is 9.59 Å². The van der Waals surface area contributed by atoms with Crippen LogP contribution >= 0.6 is 0 Å². The van der Waals surface area contributed by atoms with Gasteiger partial charge in [-0.1, -0.05) is 36.8 Å². The molecular weight excluding hydrogens is 300 g/mol. The van der Waals surface area contributed by atoms with E-state index < -0.39 is 0 Å². The lowest BCUT2D eigenvalue weighted by Gasteiger charge is -2.15. The number of amides is 2. The van der Waals surface area contributed by atoms with Crippen LogP contribution in [0.4, 0.5) is 5.69 Å². The van der Waals surface area contributed by atoms with Crippen LogP contribution in [0.3, 0.4) is 0 Å². The predicted molar refractivity (Wildman–Crippen MR) is 97.5 cm³/mol. The quantitative estimate of drug-likeness (QED) is 0.870. The highest BCUT2D eigenvalue weighted by Gasteiger charge is 2.16. The van der Waals surface area contributed by atoms with E-state index in [0.717, 1.165) is 17.5 Å². The molecule has 1 unspecified atom stereocenters. The molecule has 24 heavy (non-hydrogen) atoms. The van der Waals surface area contributed by atoms with Crippen molar-refractivity contribution in [1.29, 1.82) is 0 Å². The van der Waals surface area contributed by atoms with E-state index in [1.54, 1.807) is 24.3 Å². The third-order valence-corrected chi connectivity index (χ3v) is 4.04. The second-order valence-corrected chi connectivity index (χ2v) is 6.10. The smallest absolute Gasteiger partial charge is 0.255 e. The number of carbonyl (C=O) groups excluding carboxylic acids is 2. The molecule has 2 amide bonds. The molecule has 0 aliphatic heterocycles. The highest BCUT2D eigenvalue weighted by atomic mass is 16.2. The molecule has 0 aliphatic carbocycles. The standard InChI is InChI=1S/C20H24N2O2/c1-5-15(4)21-20(24)17-8-6-7-9-18(17)22-19(23)16-11-10-13(2)12-14(16)3/h6-12,15H,5H2,1-4H3,(H,21,24)(H,22,23). The van der Waals surface area contributed by atoms with Crippen molar-refractivity contribution in [1.82, 2.24) is 5.32 Å². The van der Waals surface area contributed by atoms with Crippen molar-refractivity contribution < 1.29 is 9.59 Å². The first-order valence-electron chi connectivity index (χ1n) is 8.21. The third-order valence-electron chi connectivity index (χ3n) is 4.04. The number of hydrogen-bond acceptors (Lipinski definition) is 2. The van der Waals surface area contributed by atoms with Crippen LogP contribution < -0.4 is 10.6 Å². The van der Waals surface area contributed by atoms with Crippen molar-refractivity contribution in [3.63, 3.8) is 0 Å².